The fourth-order valence-corrected chi connectivity index (χ4v) is 2.55. The van der Waals surface area contributed by atoms with Crippen LogP contribution in [0.15, 0.2) is 22.7 Å². The highest BCUT2D eigenvalue weighted by Crippen LogP contribution is 2.22. The number of rotatable bonds is 3. The molecule has 100 valence electrons. The molecule has 2 heterocycles. The van der Waals surface area contributed by atoms with Crippen molar-refractivity contribution < 1.29 is 9.13 Å². The van der Waals surface area contributed by atoms with Crippen LogP contribution < -0.4 is 4.74 Å². The highest BCUT2D eigenvalue weighted by molar-refractivity contribution is 9.10. The summed E-state index contributed by atoms with van der Waals surface area (Å²) >= 11 is 3.14. The molecule has 6 heteroatoms. The standard InChI is InChI=1S/C13H13BrFN3O/c14-10-7-9(4-5-11(10)15)19-8-13-17-16-12-3-1-2-6-18(12)13/h4-5,7H,1-3,6,8H2. The molecule has 0 atom stereocenters. The Labute approximate surface area is 118 Å². The van der Waals surface area contributed by atoms with E-state index < -0.39 is 0 Å². The molecule has 0 aliphatic carbocycles. The van der Waals surface area contributed by atoms with E-state index in [0.29, 0.717) is 16.8 Å². The lowest BCUT2D eigenvalue weighted by atomic mass is 10.2. The van der Waals surface area contributed by atoms with Gasteiger partial charge in [0.1, 0.15) is 24.0 Å². The predicted octanol–water partition coefficient (Wildman–Crippen LogP) is 3.10. The van der Waals surface area contributed by atoms with Crippen LogP contribution in [0.25, 0.3) is 0 Å². The first kappa shape index (κ1) is 12.6. The fourth-order valence-electron chi connectivity index (χ4n) is 2.19. The summed E-state index contributed by atoms with van der Waals surface area (Å²) in [6, 6.07) is 4.59. The first-order valence-electron chi connectivity index (χ1n) is 6.23. The Morgan fingerprint density at radius 3 is 3.05 bits per heavy atom. The molecule has 1 aromatic heterocycles. The average molecular weight is 326 g/mol. The molecule has 0 bridgehead atoms. The topological polar surface area (TPSA) is 39.9 Å². The summed E-state index contributed by atoms with van der Waals surface area (Å²) in [6.07, 6.45) is 3.30. The zero-order valence-electron chi connectivity index (χ0n) is 10.3. The normalized spacial score (nSPS) is 14.2. The number of aromatic nitrogens is 3. The second-order valence-corrected chi connectivity index (χ2v) is 5.36. The van der Waals surface area contributed by atoms with Gasteiger partial charge >= 0.3 is 0 Å². The number of ether oxygens (including phenoxy) is 1. The molecule has 2 aromatic rings. The first-order chi connectivity index (χ1) is 9.24. The molecule has 0 saturated heterocycles. The van der Waals surface area contributed by atoms with Crippen molar-refractivity contribution in [2.45, 2.75) is 32.4 Å². The monoisotopic (exact) mass is 325 g/mol. The van der Waals surface area contributed by atoms with E-state index in [-0.39, 0.29) is 5.82 Å². The van der Waals surface area contributed by atoms with Gasteiger partial charge in [0.05, 0.1) is 4.47 Å². The van der Waals surface area contributed by atoms with Crippen molar-refractivity contribution in [1.29, 1.82) is 0 Å². The first-order valence-corrected chi connectivity index (χ1v) is 7.02. The highest BCUT2D eigenvalue weighted by atomic mass is 79.9. The maximum absolute atomic E-state index is 13.1. The van der Waals surface area contributed by atoms with Crippen molar-refractivity contribution in [3.63, 3.8) is 0 Å². The third-order valence-electron chi connectivity index (χ3n) is 3.20. The second kappa shape index (κ2) is 5.28. The van der Waals surface area contributed by atoms with E-state index in [1.165, 1.54) is 12.5 Å². The number of halogens is 2. The highest BCUT2D eigenvalue weighted by Gasteiger charge is 2.15. The third kappa shape index (κ3) is 2.63. The van der Waals surface area contributed by atoms with Crippen LogP contribution in [0.2, 0.25) is 0 Å². The molecule has 0 spiro atoms. The predicted molar refractivity (Wildman–Crippen MR) is 71.4 cm³/mol. The number of nitrogens with zero attached hydrogens (tertiary/aromatic N) is 3. The van der Waals surface area contributed by atoms with E-state index in [9.17, 15) is 4.39 Å². The van der Waals surface area contributed by atoms with Gasteiger partial charge in [0.2, 0.25) is 0 Å². The van der Waals surface area contributed by atoms with Gasteiger partial charge in [0.25, 0.3) is 0 Å². The summed E-state index contributed by atoms with van der Waals surface area (Å²) in [5.41, 5.74) is 0. The van der Waals surface area contributed by atoms with Crippen molar-refractivity contribution in [2.24, 2.45) is 0 Å². The third-order valence-corrected chi connectivity index (χ3v) is 3.80. The number of hydrogen-bond donors (Lipinski definition) is 0. The maximum Gasteiger partial charge on any atom is 0.171 e. The quantitative estimate of drug-likeness (QED) is 0.870. The summed E-state index contributed by atoms with van der Waals surface area (Å²) in [5.74, 6) is 2.17. The van der Waals surface area contributed by atoms with Crippen LogP contribution in [0.5, 0.6) is 5.75 Å². The maximum atomic E-state index is 13.1. The molecule has 19 heavy (non-hydrogen) atoms. The van der Waals surface area contributed by atoms with Gasteiger partial charge < -0.3 is 9.30 Å². The van der Waals surface area contributed by atoms with Crippen molar-refractivity contribution in [3.05, 3.63) is 40.1 Å². The molecule has 0 N–H and O–H groups in total. The van der Waals surface area contributed by atoms with Crippen LogP contribution in [0.1, 0.15) is 24.5 Å². The number of hydrogen-bond acceptors (Lipinski definition) is 3. The smallest absolute Gasteiger partial charge is 0.171 e. The van der Waals surface area contributed by atoms with Crippen LogP contribution >= 0.6 is 15.9 Å². The van der Waals surface area contributed by atoms with E-state index in [1.54, 1.807) is 12.1 Å². The van der Waals surface area contributed by atoms with Gasteiger partial charge in [-0.05, 0) is 47.0 Å². The Morgan fingerprint density at radius 1 is 1.32 bits per heavy atom. The summed E-state index contributed by atoms with van der Waals surface area (Å²) in [5, 5.41) is 8.32. The molecule has 1 aromatic carbocycles. The fraction of sp³-hybridized carbons (Fsp3) is 0.385. The molecule has 4 nitrogen and oxygen atoms in total. The molecule has 3 rings (SSSR count). The van der Waals surface area contributed by atoms with Gasteiger partial charge in [0.15, 0.2) is 5.82 Å². The van der Waals surface area contributed by atoms with Gasteiger partial charge in [-0.1, -0.05) is 0 Å². The van der Waals surface area contributed by atoms with Crippen molar-refractivity contribution >= 4 is 15.9 Å². The molecule has 0 saturated carbocycles. The Hall–Kier alpha value is -1.43. The average Bonchev–Trinajstić information content (AvgIpc) is 2.83. The molecule has 0 fully saturated rings. The van der Waals surface area contributed by atoms with Gasteiger partial charge in [-0.2, -0.15) is 0 Å². The summed E-state index contributed by atoms with van der Waals surface area (Å²) in [4.78, 5) is 0. The summed E-state index contributed by atoms with van der Waals surface area (Å²) in [6.45, 7) is 1.30. The van der Waals surface area contributed by atoms with Crippen molar-refractivity contribution in [2.75, 3.05) is 0 Å². The number of fused-ring (bicyclic) bond motifs is 1. The SMILES string of the molecule is Fc1ccc(OCc2nnc3n2CCCC3)cc1Br. The molecule has 0 radical (unpaired) electrons. The van der Waals surface area contributed by atoms with Gasteiger partial charge in [-0.25, -0.2) is 4.39 Å². The van der Waals surface area contributed by atoms with Crippen molar-refractivity contribution in [3.8, 4) is 5.75 Å². The lowest BCUT2D eigenvalue weighted by Gasteiger charge is -2.15. The molecular formula is C13H13BrFN3O. The molecule has 1 aliphatic rings. The van der Waals surface area contributed by atoms with E-state index in [4.69, 9.17) is 4.74 Å². The molecule has 1 aliphatic heterocycles. The molecule has 0 unspecified atom stereocenters. The summed E-state index contributed by atoms with van der Waals surface area (Å²) in [7, 11) is 0. The van der Waals surface area contributed by atoms with E-state index >= 15 is 0 Å². The molecular weight excluding hydrogens is 313 g/mol. The van der Waals surface area contributed by atoms with Gasteiger partial charge in [-0.3, -0.25) is 0 Å². The van der Waals surface area contributed by atoms with Gasteiger partial charge in [-0.15, -0.1) is 10.2 Å². The minimum Gasteiger partial charge on any atom is -0.486 e. The Morgan fingerprint density at radius 2 is 2.21 bits per heavy atom. The largest absolute Gasteiger partial charge is 0.486 e. The Bertz CT molecular complexity index is 600. The van der Waals surface area contributed by atoms with Crippen LogP contribution in [-0.4, -0.2) is 14.8 Å². The van der Waals surface area contributed by atoms with Gasteiger partial charge in [0, 0.05) is 13.0 Å². The Balaban J connectivity index is 1.72. The zero-order chi connectivity index (χ0) is 13.2. The van der Waals surface area contributed by atoms with Crippen LogP contribution in [0.3, 0.4) is 0 Å². The van der Waals surface area contributed by atoms with E-state index in [0.717, 1.165) is 31.0 Å². The lowest BCUT2D eigenvalue weighted by molar-refractivity contribution is 0.285. The van der Waals surface area contributed by atoms with Crippen LogP contribution in [-0.2, 0) is 19.6 Å². The number of aryl methyl sites for hydroxylation is 1. The van der Waals surface area contributed by atoms with Crippen LogP contribution in [0.4, 0.5) is 4.39 Å². The zero-order valence-corrected chi connectivity index (χ0v) is 11.9. The Kier molecular flexibility index (Phi) is 3.50. The van der Waals surface area contributed by atoms with E-state index in [2.05, 4.69) is 30.7 Å². The minimum atomic E-state index is -0.299. The van der Waals surface area contributed by atoms with E-state index in [1.807, 2.05) is 0 Å². The lowest BCUT2D eigenvalue weighted by Crippen LogP contribution is -2.14. The minimum absolute atomic E-state index is 0.299. The number of benzene rings is 1. The second-order valence-electron chi connectivity index (χ2n) is 4.51. The summed E-state index contributed by atoms with van der Waals surface area (Å²) < 4.78 is 21.3. The molecule has 0 amide bonds. The van der Waals surface area contributed by atoms with Crippen molar-refractivity contribution in [1.82, 2.24) is 14.8 Å². The van der Waals surface area contributed by atoms with Crippen LogP contribution in [0, 0.1) is 5.82 Å².